The van der Waals surface area contributed by atoms with E-state index in [9.17, 15) is 4.79 Å². The lowest BCUT2D eigenvalue weighted by atomic mass is 9.97. The van der Waals surface area contributed by atoms with Crippen molar-refractivity contribution in [2.75, 3.05) is 14.2 Å². The molecule has 3 nitrogen and oxygen atoms in total. The largest absolute Gasteiger partial charge is 0.343 e. The number of ether oxygens (including phenoxy) is 2. The SMILES string of the molecule is COC1(OC)C(=O)C(Br)=CC=C1C. The third-order valence-corrected chi connectivity index (χ3v) is 2.71. The minimum absolute atomic E-state index is 0.211. The molecule has 0 aromatic carbocycles. The molecular weight excluding hydrogens is 236 g/mol. The lowest BCUT2D eigenvalue weighted by molar-refractivity contribution is -0.186. The Morgan fingerprint density at radius 2 is 1.85 bits per heavy atom. The van der Waals surface area contributed by atoms with Gasteiger partial charge in [-0.25, -0.2) is 0 Å². The first-order valence-corrected chi connectivity index (χ1v) is 4.57. The van der Waals surface area contributed by atoms with Crippen LogP contribution >= 0.6 is 15.9 Å². The molecule has 1 rings (SSSR count). The van der Waals surface area contributed by atoms with Crippen LogP contribution in [0.5, 0.6) is 0 Å². The highest BCUT2D eigenvalue weighted by atomic mass is 79.9. The third kappa shape index (κ3) is 1.49. The number of halogens is 1. The van der Waals surface area contributed by atoms with Gasteiger partial charge in [0.1, 0.15) is 0 Å². The van der Waals surface area contributed by atoms with Gasteiger partial charge in [0.2, 0.25) is 5.78 Å². The molecular formula is C9H11BrO3. The van der Waals surface area contributed by atoms with Gasteiger partial charge in [0.25, 0.3) is 5.79 Å². The quantitative estimate of drug-likeness (QED) is 0.698. The lowest BCUT2D eigenvalue weighted by Gasteiger charge is -2.31. The zero-order chi connectivity index (χ0) is 10.1. The normalized spacial score (nSPS) is 21.1. The van der Waals surface area contributed by atoms with Crippen molar-refractivity contribution in [1.82, 2.24) is 0 Å². The molecule has 0 unspecified atom stereocenters. The van der Waals surface area contributed by atoms with E-state index >= 15 is 0 Å². The molecule has 0 saturated carbocycles. The van der Waals surface area contributed by atoms with E-state index in [2.05, 4.69) is 15.9 Å². The van der Waals surface area contributed by atoms with Crippen LogP contribution < -0.4 is 0 Å². The predicted octanol–water partition coefficient (Wildman–Crippen LogP) is 1.78. The van der Waals surface area contributed by atoms with Gasteiger partial charge in [0.05, 0.1) is 4.48 Å². The van der Waals surface area contributed by atoms with Gasteiger partial charge in [-0.3, -0.25) is 4.79 Å². The van der Waals surface area contributed by atoms with E-state index in [0.29, 0.717) is 4.48 Å². The molecule has 0 atom stereocenters. The summed E-state index contributed by atoms with van der Waals surface area (Å²) in [6.07, 6.45) is 3.48. The van der Waals surface area contributed by atoms with Crippen LogP contribution in [0, 0.1) is 0 Å². The second-order valence-corrected chi connectivity index (χ2v) is 3.57. The molecule has 0 aromatic rings. The molecule has 0 aromatic heterocycles. The van der Waals surface area contributed by atoms with Crippen LogP contribution in [-0.4, -0.2) is 25.8 Å². The number of carbonyl (C=O) groups is 1. The highest BCUT2D eigenvalue weighted by Crippen LogP contribution is 2.31. The molecule has 0 radical (unpaired) electrons. The van der Waals surface area contributed by atoms with Crippen LogP contribution in [-0.2, 0) is 14.3 Å². The summed E-state index contributed by atoms with van der Waals surface area (Å²) >= 11 is 3.15. The Kier molecular flexibility index (Phi) is 3.05. The second kappa shape index (κ2) is 3.74. The number of allylic oxidation sites excluding steroid dienone is 2. The fourth-order valence-corrected chi connectivity index (χ4v) is 1.70. The summed E-state index contributed by atoms with van der Waals surface area (Å²) < 4.78 is 10.7. The Bertz CT molecular complexity index is 283. The highest BCUT2D eigenvalue weighted by molar-refractivity contribution is 9.12. The van der Waals surface area contributed by atoms with Gasteiger partial charge in [0, 0.05) is 14.2 Å². The third-order valence-electron chi connectivity index (χ3n) is 2.09. The summed E-state index contributed by atoms with van der Waals surface area (Å²) in [4.78, 5) is 11.7. The average molecular weight is 247 g/mol. The summed E-state index contributed by atoms with van der Waals surface area (Å²) in [6, 6.07) is 0. The van der Waals surface area contributed by atoms with Gasteiger partial charge in [-0.05, 0) is 34.5 Å². The van der Waals surface area contributed by atoms with E-state index in [1.54, 1.807) is 19.1 Å². The van der Waals surface area contributed by atoms with Crippen LogP contribution in [0.2, 0.25) is 0 Å². The Morgan fingerprint density at radius 1 is 1.31 bits per heavy atom. The van der Waals surface area contributed by atoms with Crippen LogP contribution in [0.1, 0.15) is 6.92 Å². The van der Waals surface area contributed by atoms with E-state index in [0.717, 1.165) is 5.57 Å². The van der Waals surface area contributed by atoms with Crippen molar-refractivity contribution >= 4 is 21.7 Å². The van der Waals surface area contributed by atoms with Crippen molar-refractivity contribution in [2.45, 2.75) is 12.7 Å². The molecule has 0 aliphatic heterocycles. The summed E-state index contributed by atoms with van der Waals surface area (Å²) in [5.41, 5.74) is 0.741. The Morgan fingerprint density at radius 3 is 2.23 bits per heavy atom. The molecule has 0 spiro atoms. The molecule has 0 N–H and O–H groups in total. The summed E-state index contributed by atoms with van der Waals surface area (Å²) in [6.45, 7) is 1.79. The van der Waals surface area contributed by atoms with E-state index in [4.69, 9.17) is 9.47 Å². The number of hydrogen-bond donors (Lipinski definition) is 0. The second-order valence-electron chi connectivity index (χ2n) is 2.72. The van der Waals surface area contributed by atoms with Crippen LogP contribution in [0.15, 0.2) is 22.2 Å². The van der Waals surface area contributed by atoms with Crippen molar-refractivity contribution in [3.05, 3.63) is 22.2 Å². The van der Waals surface area contributed by atoms with E-state index in [1.165, 1.54) is 14.2 Å². The fraction of sp³-hybridized carbons (Fsp3) is 0.444. The molecule has 0 saturated heterocycles. The summed E-state index contributed by atoms with van der Waals surface area (Å²) in [5, 5.41) is 0. The number of hydrogen-bond acceptors (Lipinski definition) is 3. The Labute approximate surface area is 85.5 Å². The highest BCUT2D eigenvalue weighted by Gasteiger charge is 2.43. The Hall–Kier alpha value is -0.450. The van der Waals surface area contributed by atoms with Crippen LogP contribution in [0.3, 0.4) is 0 Å². The number of ketones is 1. The summed E-state index contributed by atoms with van der Waals surface area (Å²) in [7, 11) is 2.90. The maximum atomic E-state index is 11.7. The van der Waals surface area contributed by atoms with Gasteiger partial charge in [-0.1, -0.05) is 6.08 Å². The first kappa shape index (κ1) is 10.6. The van der Waals surface area contributed by atoms with Gasteiger partial charge in [0.15, 0.2) is 0 Å². The number of methoxy groups -OCH3 is 2. The molecule has 1 aliphatic carbocycles. The van der Waals surface area contributed by atoms with E-state index in [-0.39, 0.29) is 5.78 Å². The van der Waals surface area contributed by atoms with Crippen molar-refractivity contribution in [1.29, 1.82) is 0 Å². The predicted molar refractivity (Wildman–Crippen MR) is 52.5 cm³/mol. The molecule has 1 aliphatic rings. The fourth-order valence-electron chi connectivity index (χ4n) is 1.31. The summed E-state index contributed by atoms with van der Waals surface area (Å²) in [5.74, 6) is -1.45. The first-order chi connectivity index (χ1) is 6.08. The van der Waals surface area contributed by atoms with E-state index in [1.807, 2.05) is 0 Å². The van der Waals surface area contributed by atoms with Gasteiger partial charge < -0.3 is 9.47 Å². The van der Waals surface area contributed by atoms with Gasteiger partial charge in [-0.2, -0.15) is 0 Å². The van der Waals surface area contributed by atoms with Gasteiger partial charge in [-0.15, -0.1) is 0 Å². The molecule has 13 heavy (non-hydrogen) atoms. The zero-order valence-electron chi connectivity index (χ0n) is 7.76. The molecule has 0 amide bonds. The topological polar surface area (TPSA) is 35.5 Å². The molecule has 0 heterocycles. The van der Waals surface area contributed by atoms with Crippen molar-refractivity contribution < 1.29 is 14.3 Å². The van der Waals surface area contributed by atoms with Gasteiger partial charge >= 0.3 is 0 Å². The first-order valence-electron chi connectivity index (χ1n) is 3.78. The molecule has 4 heteroatoms. The number of rotatable bonds is 2. The van der Waals surface area contributed by atoms with Crippen molar-refractivity contribution in [2.24, 2.45) is 0 Å². The zero-order valence-corrected chi connectivity index (χ0v) is 9.34. The standard InChI is InChI=1S/C9H11BrO3/c1-6-4-5-7(10)8(11)9(6,12-2)13-3/h4-5H,1-3H3. The van der Waals surface area contributed by atoms with E-state index < -0.39 is 5.79 Å². The maximum absolute atomic E-state index is 11.7. The average Bonchev–Trinajstić information content (AvgIpc) is 2.15. The van der Waals surface area contributed by atoms with Crippen LogP contribution in [0.25, 0.3) is 0 Å². The van der Waals surface area contributed by atoms with Crippen molar-refractivity contribution in [3.8, 4) is 0 Å². The molecule has 0 fully saturated rings. The van der Waals surface area contributed by atoms with Crippen molar-refractivity contribution in [3.63, 3.8) is 0 Å². The monoisotopic (exact) mass is 246 g/mol. The minimum Gasteiger partial charge on any atom is -0.343 e. The maximum Gasteiger partial charge on any atom is 0.257 e. The lowest BCUT2D eigenvalue weighted by Crippen LogP contribution is -2.45. The number of carbonyl (C=O) groups excluding carboxylic acids is 1. The smallest absolute Gasteiger partial charge is 0.257 e. The molecule has 0 bridgehead atoms. The Balaban J connectivity index is 3.18. The van der Waals surface area contributed by atoms with Crippen LogP contribution in [0.4, 0.5) is 0 Å². The molecule has 72 valence electrons. The minimum atomic E-state index is -1.24. The number of Topliss-reactive ketones (excluding diaryl/α,β-unsaturated/α-hetero) is 1.